The Labute approximate surface area is 153 Å². The van der Waals surface area contributed by atoms with Gasteiger partial charge in [-0.1, -0.05) is 12.1 Å². The Morgan fingerprint density at radius 2 is 1.20 bits per heavy atom. The van der Waals surface area contributed by atoms with Crippen molar-refractivity contribution in [1.82, 2.24) is 0 Å². The van der Waals surface area contributed by atoms with Crippen LogP contribution in [0.15, 0.2) is 18.2 Å². The molecule has 0 atom stereocenters. The van der Waals surface area contributed by atoms with E-state index in [0.29, 0.717) is 0 Å². The molecule has 25 heavy (non-hydrogen) atoms. The number of ether oxygens (including phenoxy) is 4. The van der Waals surface area contributed by atoms with Crippen molar-refractivity contribution < 1.29 is 18.9 Å². The first-order chi connectivity index (χ1) is 12.2. The van der Waals surface area contributed by atoms with E-state index in [4.69, 9.17) is 18.9 Å². The summed E-state index contributed by atoms with van der Waals surface area (Å²) in [5.41, 5.74) is 2.44. The lowest BCUT2D eigenvalue weighted by atomic mass is 10.1. The van der Waals surface area contributed by atoms with Crippen LogP contribution in [0.1, 0.15) is 49.7 Å². The molecule has 1 aromatic rings. The number of methoxy groups -OCH3 is 1. The molecule has 0 spiro atoms. The fourth-order valence-electron chi connectivity index (χ4n) is 2.41. The molecule has 0 bridgehead atoms. The van der Waals surface area contributed by atoms with Crippen LogP contribution in [0.4, 0.5) is 0 Å². The summed E-state index contributed by atoms with van der Waals surface area (Å²) in [4.78, 5) is 0. The minimum Gasteiger partial charge on any atom is -0.493 e. The summed E-state index contributed by atoms with van der Waals surface area (Å²) in [6.07, 6.45) is 6.36. The van der Waals surface area contributed by atoms with E-state index in [1.165, 1.54) is 11.1 Å². The van der Waals surface area contributed by atoms with Crippen molar-refractivity contribution in [3.8, 4) is 5.75 Å². The molecule has 0 radical (unpaired) electrons. The molecule has 0 aliphatic rings. The van der Waals surface area contributed by atoms with Crippen molar-refractivity contribution in [3.63, 3.8) is 0 Å². The Morgan fingerprint density at radius 1 is 0.680 bits per heavy atom. The molecule has 0 heterocycles. The lowest BCUT2D eigenvalue weighted by Crippen LogP contribution is -2.04. The largest absolute Gasteiger partial charge is 0.493 e. The molecule has 1 rings (SSSR count). The zero-order valence-corrected chi connectivity index (χ0v) is 16.4. The van der Waals surface area contributed by atoms with Crippen molar-refractivity contribution in [2.45, 2.75) is 52.4 Å². The second kappa shape index (κ2) is 15.2. The molecule has 144 valence electrons. The highest BCUT2D eigenvalue weighted by Crippen LogP contribution is 2.19. The molecule has 0 unspecified atom stereocenters. The summed E-state index contributed by atoms with van der Waals surface area (Å²) >= 11 is 0. The van der Waals surface area contributed by atoms with Gasteiger partial charge in [-0.2, -0.15) is 0 Å². The van der Waals surface area contributed by atoms with Gasteiger partial charge in [0.15, 0.2) is 0 Å². The summed E-state index contributed by atoms with van der Waals surface area (Å²) in [6.45, 7) is 9.06. The standard InChI is InChI=1S/C21H36O4/c1-19-10-11-20(2)21(18-19)25-17-9-8-16-24-15-7-6-14-23-13-5-4-12-22-3/h10-11,18H,4-9,12-17H2,1-3H3. The second-order valence-corrected chi connectivity index (χ2v) is 6.46. The fourth-order valence-corrected chi connectivity index (χ4v) is 2.41. The van der Waals surface area contributed by atoms with Gasteiger partial charge in [-0.3, -0.25) is 0 Å². The highest BCUT2D eigenvalue weighted by Gasteiger charge is 1.99. The maximum Gasteiger partial charge on any atom is 0.122 e. The van der Waals surface area contributed by atoms with E-state index in [2.05, 4.69) is 32.0 Å². The van der Waals surface area contributed by atoms with Crippen LogP contribution in [0.25, 0.3) is 0 Å². The van der Waals surface area contributed by atoms with Gasteiger partial charge in [0.05, 0.1) is 6.61 Å². The average Bonchev–Trinajstić information content (AvgIpc) is 2.61. The number of unbranched alkanes of at least 4 members (excludes halogenated alkanes) is 3. The zero-order chi connectivity index (χ0) is 18.2. The van der Waals surface area contributed by atoms with Gasteiger partial charge in [0, 0.05) is 40.1 Å². The van der Waals surface area contributed by atoms with E-state index in [1.807, 2.05) is 0 Å². The smallest absolute Gasteiger partial charge is 0.122 e. The van der Waals surface area contributed by atoms with E-state index < -0.39 is 0 Å². The monoisotopic (exact) mass is 352 g/mol. The van der Waals surface area contributed by atoms with Crippen LogP contribution in [0, 0.1) is 13.8 Å². The maximum absolute atomic E-state index is 5.84. The summed E-state index contributed by atoms with van der Waals surface area (Å²) in [7, 11) is 1.74. The highest BCUT2D eigenvalue weighted by atomic mass is 16.5. The van der Waals surface area contributed by atoms with Crippen LogP contribution in [-0.2, 0) is 14.2 Å². The number of hydrogen-bond acceptors (Lipinski definition) is 4. The molecule has 0 aromatic heterocycles. The second-order valence-electron chi connectivity index (χ2n) is 6.46. The molecule has 0 N–H and O–H groups in total. The minimum absolute atomic E-state index is 0.755. The Morgan fingerprint density at radius 3 is 1.76 bits per heavy atom. The highest BCUT2D eigenvalue weighted by molar-refractivity contribution is 5.35. The van der Waals surface area contributed by atoms with Gasteiger partial charge in [0.25, 0.3) is 0 Å². The van der Waals surface area contributed by atoms with Crippen molar-refractivity contribution in [2.24, 2.45) is 0 Å². The zero-order valence-electron chi connectivity index (χ0n) is 16.4. The molecule has 0 saturated heterocycles. The van der Waals surface area contributed by atoms with Gasteiger partial charge in [0.2, 0.25) is 0 Å². The van der Waals surface area contributed by atoms with E-state index in [9.17, 15) is 0 Å². The topological polar surface area (TPSA) is 36.9 Å². The van der Waals surface area contributed by atoms with Crippen LogP contribution >= 0.6 is 0 Å². The van der Waals surface area contributed by atoms with Crippen molar-refractivity contribution in [1.29, 1.82) is 0 Å². The van der Waals surface area contributed by atoms with E-state index in [0.717, 1.165) is 83.9 Å². The number of rotatable bonds is 16. The van der Waals surface area contributed by atoms with Crippen molar-refractivity contribution in [3.05, 3.63) is 29.3 Å². The summed E-state index contributed by atoms with van der Waals surface area (Å²) in [5.74, 6) is 1.00. The molecule has 4 heteroatoms. The number of aryl methyl sites for hydroxylation is 2. The van der Waals surface area contributed by atoms with Crippen molar-refractivity contribution >= 4 is 0 Å². The Bertz CT molecular complexity index is 434. The van der Waals surface area contributed by atoms with Crippen molar-refractivity contribution in [2.75, 3.05) is 46.8 Å². The maximum atomic E-state index is 5.84. The third-order valence-electron chi connectivity index (χ3n) is 4.00. The first-order valence-corrected chi connectivity index (χ1v) is 9.58. The van der Waals surface area contributed by atoms with Gasteiger partial charge < -0.3 is 18.9 Å². The molecule has 0 aliphatic carbocycles. The summed E-state index contributed by atoms with van der Waals surface area (Å²) < 4.78 is 22.1. The molecule has 0 saturated carbocycles. The van der Waals surface area contributed by atoms with E-state index in [-0.39, 0.29) is 0 Å². The molecule has 0 fully saturated rings. The van der Waals surface area contributed by atoms with Gasteiger partial charge in [-0.05, 0) is 69.6 Å². The lowest BCUT2D eigenvalue weighted by molar-refractivity contribution is 0.0946. The minimum atomic E-state index is 0.755. The molecular weight excluding hydrogens is 316 g/mol. The number of hydrogen-bond donors (Lipinski definition) is 0. The number of benzene rings is 1. The molecule has 4 nitrogen and oxygen atoms in total. The van der Waals surface area contributed by atoms with Gasteiger partial charge >= 0.3 is 0 Å². The lowest BCUT2D eigenvalue weighted by Gasteiger charge is -2.10. The molecule has 1 aromatic carbocycles. The Kier molecular flexibility index (Phi) is 13.3. The first kappa shape index (κ1) is 21.9. The normalized spacial score (nSPS) is 11.0. The van der Waals surface area contributed by atoms with Gasteiger partial charge in [-0.25, -0.2) is 0 Å². The van der Waals surface area contributed by atoms with Crippen LogP contribution in [0.3, 0.4) is 0 Å². The SMILES string of the molecule is COCCCCOCCCCOCCCCOc1cc(C)ccc1C. The first-order valence-electron chi connectivity index (χ1n) is 9.58. The summed E-state index contributed by atoms with van der Waals surface area (Å²) in [5, 5.41) is 0. The van der Waals surface area contributed by atoms with Gasteiger partial charge in [-0.15, -0.1) is 0 Å². The van der Waals surface area contributed by atoms with Gasteiger partial charge in [0.1, 0.15) is 5.75 Å². The van der Waals surface area contributed by atoms with Crippen LogP contribution in [0.5, 0.6) is 5.75 Å². The summed E-state index contributed by atoms with van der Waals surface area (Å²) in [6, 6.07) is 6.32. The molecular formula is C21H36O4. The molecule has 0 amide bonds. The fraction of sp³-hybridized carbons (Fsp3) is 0.714. The Hall–Kier alpha value is -1.10. The molecule has 0 aliphatic heterocycles. The predicted molar refractivity (Wildman–Crippen MR) is 103 cm³/mol. The quantitative estimate of drug-likeness (QED) is 0.404. The predicted octanol–water partition coefficient (Wildman–Crippen LogP) is 4.70. The van der Waals surface area contributed by atoms with Crippen LogP contribution in [0.2, 0.25) is 0 Å². The van der Waals surface area contributed by atoms with E-state index in [1.54, 1.807) is 7.11 Å². The van der Waals surface area contributed by atoms with E-state index >= 15 is 0 Å². The third-order valence-corrected chi connectivity index (χ3v) is 4.00. The Balaban J connectivity index is 1.82. The van der Waals surface area contributed by atoms with Crippen LogP contribution < -0.4 is 4.74 Å². The van der Waals surface area contributed by atoms with Crippen LogP contribution in [-0.4, -0.2) is 46.8 Å². The average molecular weight is 353 g/mol. The third kappa shape index (κ3) is 12.0.